The summed E-state index contributed by atoms with van der Waals surface area (Å²) in [7, 11) is 0. The SMILES string of the molecule is CCCc1c(OCCCOc2cc(O)c(C3CCOC3)cc2CC)cccc1Oc1ccccc1C.CCCc1c(OCCCOc2cc(OCc3ccccc3)c(-c3ccoc3)cc2CC)cccc1Oc1ccccc1C. The second kappa shape index (κ2) is 29.8. The van der Waals surface area contributed by atoms with E-state index in [1.807, 2.05) is 103 Å². The predicted octanol–water partition coefficient (Wildman–Crippen LogP) is 17.3. The number of ether oxygens (including phenoxy) is 8. The number of phenolic OH excluding ortho intramolecular Hbond substituents is 1. The van der Waals surface area contributed by atoms with E-state index in [-0.39, 0.29) is 5.92 Å². The van der Waals surface area contributed by atoms with Crippen LogP contribution >= 0.6 is 0 Å². The van der Waals surface area contributed by atoms with Gasteiger partial charge in [0.1, 0.15) is 64.1 Å². The van der Waals surface area contributed by atoms with Crippen LogP contribution in [-0.4, -0.2) is 44.7 Å². The molecular formula is C69H78O10. The van der Waals surface area contributed by atoms with Crippen molar-refractivity contribution in [2.45, 2.75) is 112 Å². The Hall–Kier alpha value is -7.82. The van der Waals surface area contributed by atoms with Gasteiger partial charge in [-0.15, -0.1) is 0 Å². The number of furan rings is 1. The molecular weight excluding hydrogens is 989 g/mol. The van der Waals surface area contributed by atoms with Crippen molar-refractivity contribution in [2.75, 3.05) is 39.6 Å². The van der Waals surface area contributed by atoms with E-state index in [1.54, 1.807) is 18.6 Å². The lowest BCUT2D eigenvalue weighted by Gasteiger charge is -2.18. The maximum Gasteiger partial charge on any atom is 0.134 e. The number of para-hydroxylation sites is 2. The molecule has 8 aromatic rings. The lowest BCUT2D eigenvalue weighted by molar-refractivity contribution is 0.193. The zero-order valence-corrected chi connectivity index (χ0v) is 47.0. The molecule has 1 saturated heterocycles. The molecule has 0 aliphatic carbocycles. The zero-order valence-electron chi connectivity index (χ0n) is 47.0. The highest BCUT2D eigenvalue weighted by atomic mass is 16.5. The Balaban J connectivity index is 0.000000211. The van der Waals surface area contributed by atoms with E-state index in [2.05, 4.69) is 77.9 Å². The molecule has 9 rings (SSSR count). The average molecular weight is 1070 g/mol. The van der Waals surface area contributed by atoms with Crippen molar-refractivity contribution in [1.29, 1.82) is 0 Å². The highest BCUT2D eigenvalue weighted by molar-refractivity contribution is 5.72. The second-order valence-electron chi connectivity index (χ2n) is 19.8. The second-order valence-corrected chi connectivity index (χ2v) is 19.8. The van der Waals surface area contributed by atoms with Crippen LogP contribution < -0.4 is 33.2 Å². The molecule has 0 saturated carbocycles. The van der Waals surface area contributed by atoms with Gasteiger partial charge in [-0.3, -0.25) is 0 Å². The van der Waals surface area contributed by atoms with Crippen molar-refractivity contribution in [2.24, 2.45) is 0 Å². The van der Waals surface area contributed by atoms with E-state index in [4.69, 9.17) is 42.3 Å². The van der Waals surface area contributed by atoms with Crippen LogP contribution in [0.3, 0.4) is 0 Å². The van der Waals surface area contributed by atoms with E-state index in [9.17, 15) is 5.11 Å². The number of aryl methyl sites for hydroxylation is 4. The molecule has 10 heteroatoms. The molecule has 0 amide bonds. The molecule has 79 heavy (non-hydrogen) atoms. The average Bonchev–Trinajstić information content (AvgIpc) is 4.27. The lowest BCUT2D eigenvalue weighted by atomic mass is 9.94. The quantitative estimate of drug-likeness (QED) is 0.0500. The van der Waals surface area contributed by atoms with Gasteiger partial charge in [0, 0.05) is 59.8 Å². The Morgan fingerprint density at radius 1 is 0.506 bits per heavy atom. The Bertz CT molecular complexity index is 3120. The van der Waals surface area contributed by atoms with Crippen LogP contribution in [-0.2, 0) is 37.0 Å². The fraction of sp³-hybridized carbons (Fsp3) is 0.333. The van der Waals surface area contributed by atoms with Gasteiger partial charge in [-0.1, -0.05) is 119 Å². The summed E-state index contributed by atoms with van der Waals surface area (Å²) in [4.78, 5) is 0. The lowest BCUT2D eigenvalue weighted by Crippen LogP contribution is -2.08. The number of benzene rings is 7. The highest BCUT2D eigenvalue weighted by Gasteiger charge is 2.23. The fourth-order valence-electron chi connectivity index (χ4n) is 9.64. The fourth-order valence-corrected chi connectivity index (χ4v) is 9.64. The molecule has 414 valence electrons. The van der Waals surface area contributed by atoms with Gasteiger partial charge in [0.15, 0.2) is 0 Å². The summed E-state index contributed by atoms with van der Waals surface area (Å²) in [5.41, 5.74) is 10.7. The smallest absolute Gasteiger partial charge is 0.134 e. The van der Waals surface area contributed by atoms with Crippen molar-refractivity contribution in [3.8, 4) is 68.6 Å². The summed E-state index contributed by atoms with van der Waals surface area (Å²) in [6.07, 6.45) is 11.3. The number of rotatable bonds is 27. The number of hydrogen-bond acceptors (Lipinski definition) is 10. The molecule has 1 aromatic heterocycles. The molecule has 2 heterocycles. The first-order chi connectivity index (χ1) is 38.8. The van der Waals surface area contributed by atoms with Crippen LogP contribution in [0.5, 0.6) is 57.5 Å². The topological polar surface area (TPSA) is 107 Å². The number of hydrogen-bond donors (Lipinski definition) is 1. The summed E-state index contributed by atoms with van der Waals surface area (Å²) in [5, 5.41) is 10.6. The van der Waals surface area contributed by atoms with Crippen molar-refractivity contribution in [3.05, 3.63) is 203 Å². The monoisotopic (exact) mass is 1070 g/mol. The summed E-state index contributed by atoms with van der Waals surface area (Å²) in [6, 6.07) is 48.3. The maximum atomic E-state index is 10.6. The Morgan fingerprint density at radius 3 is 1.54 bits per heavy atom. The van der Waals surface area contributed by atoms with Gasteiger partial charge in [-0.25, -0.2) is 0 Å². The van der Waals surface area contributed by atoms with E-state index >= 15 is 0 Å². The van der Waals surface area contributed by atoms with Crippen LogP contribution in [0.1, 0.15) is 110 Å². The molecule has 0 spiro atoms. The summed E-state index contributed by atoms with van der Waals surface area (Å²) < 4.78 is 54.6. The molecule has 1 fully saturated rings. The normalized spacial score (nSPS) is 12.8. The minimum atomic E-state index is 0.264. The van der Waals surface area contributed by atoms with Crippen molar-refractivity contribution < 1.29 is 47.4 Å². The summed E-state index contributed by atoms with van der Waals surface area (Å²) >= 11 is 0. The van der Waals surface area contributed by atoms with E-state index < -0.39 is 0 Å². The van der Waals surface area contributed by atoms with E-state index in [0.29, 0.717) is 45.4 Å². The van der Waals surface area contributed by atoms with Crippen LogP contribution in [0.25, 0.3) is 11.1 Å². The summed E-state index contributed by atoms with van der Waals surface area (Å²) in [6.45, 7) is 16.7. The first-order valence-corrected chi connectivity index (χ1v) is 28.3. The van der Waals surface area contributed by atoms with Crippen LogP contribution in [0, 0.1) is 13.8 Å². The number of aromatic hydroxyl groups is 1. The van der Waals surface area contributed by atoms with Crippen molar-refractivity contribution in [3.63, 3.8) is 0 Å². The minimum absolute atomic E-state index is 0.264. The molecule has 1 aliphatic rings. The first-order valence-electron chi connectivity index (χ1n) is 28.3. The summed E-state index contributed by atoms with van der Waals surface area (Å²) in [5.74, 6) is 8.05. The standard InChI is InChI=1S/C38H40O5.C31H38O5/c1-4-13-32-35(18-11-19-36(32)43-34-17-10-9-14-28(34)3)40-21-12-22-41-37-25-38(42-26-29-15-7-6-8-16-29)33(24-30(37)5-2)31-20-23-39-27-31;1-4-10-25-29(13-8-14-30(25)36-28-12-7-6-11-22(28)3)34-16-9-17-35-31-20-27(32)26(19-23(31)5-2)24-15-18-33-21-24/h6-11,14-20,23-25,27H,4-5,12-13,21-22,26H2,1-3H3;6-8,11-14,19-20,24,32H,4-5,9-10,15-18,21H2,1-3H3. The van der Waals surface area contributed by atoms with Gasteiger partial charge in [0.2, 0.25) is 0 Å². The largest absolute Gasteiger partial charge is 0.508 e. The van der Waals surface area contributed by atoms with Crippen molar-refractivity contribution in [1.82, 2.24) is 0 Å². The Kier molecular flexibility index (Phi) is 21.6. The zero-order chi connectivity index (χ0) is 55.2. The third kappa shape index (κ3) is 15.9. The molecule has 1 aliphatic heterocycles. The minimum Gasteiger partial charge on any atom is -0.508 e. The van der Waals surface area contributed by atoms with E-state index in [0.717, 1.165) is 172 Å². The Labute approximate surface area is 468 Å². The first kappa shape index (κ1) is 57.4. The van der Waals surface area contributed by atoms with Gasteiger partial charge in [0.25, 0.3) is 0 Å². The van der Waals surface area contributed by atoms with E-state index in [1.165, 1.54) is 0 Å². The molecule has 1 unspecified atom stereocenters. The predicted molar refractivity (Wildman–Crippen MR) is 315 cm³/mol. The van der Waals surface area contributed by atoms with Crippen LogP contribution in [0.4, 0.5) is 0 Å². The van der Waals surface area contributed by atoms with Gasteiger partial charge in [-0.05, 0) is 134 Å². The third-order valence-electron chi connectivity index (χ3n) is 14.0. The highest BCUT2D eigenvalue weighted by Crippen LogP contribution is 2.40. The molecule has 0 bridgehead atoms. The molecule has 10 nitrogen and oxygen atoms in total. The molecule has 0 radical (unpaired) electrons. The third-order valence-corrected chi connectivity index (χ3v) is 14.0. The molecule has 1 N–H and O–H groups in total. The van der Waals surface area contributed by atoms with Gasteiger partial charge >= 0.3 is 0 Å². The van der Waals surface area contributed by atoms with Crippen LogP contribution in [0.15, 0.2) is 163 Å². The maximum absolute atomic E-state index is 10.6. The van der Waals surface area contributed by atoms with Gasteiger partial charge in [0.05, 0.1) is 45.6 Å². The van der Waals surface area contributed by atoms with Gasteiger partial charge < -0.3 is 47.4 Å². The van der Waals surface area contributed by atoms with Gasteiger partial charge in [-0.2, -0.15) is 0 Å². The molecule has 1 atom stereocenters. The van der Waals surface area contributed by atoms with Crippen molar-refractivity contribution >= 4 is 0 Å². The Morgan fingerprint density at radius 2 is 1.03 bits per heavy atom. The van der Waals surface area contributed by atoms with Crippen LogP contribution in [0.2, 0.25) is 0 Å². The number of phenols is 1. The molecule has 7 aromatic carbocycles.